The third-order valence-electron chi connectivity index (χ3n) is 1.60. The maximum Gasteiger partial charge on any atom is 0.0431 e. The number of hydrogen-bond donors (Lipinski definition) is 2. The van der Waals surface area contributed by atoms with Gasteiger partial charge >= 0.3 is 0 Å². The summed E-state index contributed by atoms with van der Waals surface area (Å²) in [5, 5.41) is 11.8. The molecule has 0 aliphatic rings. The second kappa shape index (κ2) is 9.04. The first kappa shape index (κ1) is 11.9. The molecule has 0 atom stereocenters. The summed E-state index contributed by atoms with van der Waals surface area (Å²) in [5.74, 6) is 0. The standard InChI is InChI=1S/C9H18ClNO/c1-9(7-10)8-11-5-3-2-4-6-12/h7,11-12H,2-6,8H2,1H3. The van der Waals surface area contributed by atoms with Gasteiger partial charge in [-0.05, 0) is 38.3 Å². The van der Waals surface area contributed by atoms with E-state index in [2.05, 4.69) is 5.32 Å². The highest BCUT2D eigenvalue weighted by Gasteiger charge is 1.89. The molecule has 0 saturated heterocycles. The lowest BCUT2D eigenvalue weighted by Crippen LogP contribution is -2.17. The second-order valence-corrected chi connectivity index (χ2v) is 3.13. The number of unbranched alkanes of at least 4 members (excludes halogenated alkanes) is 2. The molecule has 2 nitrogen and oxygen atoms in total. The highest BCUT2D eigenvalue weighted by Crippen LogP contribution is 1.94. The van der Waals surface area contributed by atoms with Crippen LogP contribution in [-0.2, 0) is 0 Å². The Morgan fingerprint density at radius 1 is 1.42 bits per heavy atom. The predicted molar refractivity (Wildman–Crippen MR) is 53.4 cm³/mol. The van der Waals surface area contributed by atoms with Crippen molar-refractivity contribution in [2.75, 3.05) is 19.7 Å². The first-order chi connectivity index (χ1) is 5.81. The van der Waals surface area contributed by atoms with Crippen LogP contribution in [0.15, 0.2) is 11.1 Å². The fourth-order valence-electron chi connectivity index (χ4n) is 0.863. The first-order valence-electron chi connectivity index (χ1n) is 4.38. The van der Waals surface area contributed by atoms with Crippen LogP contribution < -0.4 is 5.32 Å². The lowest BCUT2D eigenvalue weighted by Gasteiger charge is -2.03. The highest BCUT2D eigenvalue weighted by molar-refractivity contribution is 6.25. The molecule has 0 aromatic heterocycles. The lowest BCUT2D eigenvalue weighted by molar-refractivity contribution is 0.283. The minimum atomic E-state index is 0.306. The van der Waals surface area contributed by atoms with Gasteiger partial charge in [-0.3, -0.25) is 0 Å². The van der Waals surface area contributed by atoms with Crippen molar-refractivity contribution in [1.82, 2.24) is 5.32 Å². The monoisotopic (exact) mass is 191 g/mol. The van der Waals surface area contributed by atoms with E-state index in [-0.39, 0.29) is 0 Å². The fourth-order valence-corrected chi connectivity index (χ4v) is 0.940. The van der Waals surface area contributed by atoms with Crippen molar-refractivity contribution in [3.63, 3.8) is 0 Å². The molecule has 0 unspecified atom stereocenters. The van der Waals surface area contributed by atoms with E-state index in [1.165, 1.54) is 0 Å². The minimum absolute atomic E-state index is 0.306. The molecule has 0 heterocycles. The Morgan fingerprint density at radius 2 is 2.17 bits per heavy atom. The number of nitrogens with one attached hydrogen (secondary N) is 1. The zero-order valence-corrected chi connectivity index (χ0v) is 8.40. The van der Waals surface area contributed by atoms with Gasteiger partial charge in [0.1, 0.15) is 0 Å². The molecule has 0 aliphatic carbocycles. The van der Waals surface area contributed by atoms with E-state index in [1.807, 2.05) is 6.92 Å². The van der Waals surface area contributed by atoms with E-state index >= 15 is 0 Å². The van der Waals surface area contributed by atoms with Crippen LogP contribution in [0, 0.1) is 0 Å². The summed E-state index contributed by atoms with van der Waals surface area (Å²) >= 11 is 5.48. The van der Waals surface area contributed by atoms with Gasteiger partial charge in [0.2, 0.25) is 0 Å². The van der Waals surface area contributed by atoms with Gasteiger partial charge < -0.3 is 10.4 Å². The summed E-state index contributed by atoms with van der Waals surface area (Å²) < 4.78 is 0. The van der Waals surface area contributed by atoms with Crippen molar-refractivity contribution < 1.29 is 5.11 Å². The van der Waals surface area contributed by atoms with E-state index in [9.17, 15) is 0 Å². The molecule has 0 bridgehead atoms. The molecular weight excluding hydrogens is 174 g/mol. The quantitative estimate of drug-likeness (QED) is 0.603. The Labute approximate surface area is 79.6 Å². The molecular formula is C9H18ClNO. The van der Waals surface area contributed by atoms with Crippen molar-refractivity contribution in [2.24, 2.45) is 0 Å². The molecule has 72 valence electrons. The van der Waals surface area contributed by atoms with Crippen molar-refractivity contribution >= 4 is 11.6 Å². The van der Waals surface area contributed by atoms with Crippen LogP contribution in [0.5, 0.6) is 0 Å². The van der Waals surface area contributed by atoms with Gasteiger partial charge in [-0.25, -0.2) is 0 Å². The third kappa shape index (κ3) is 8.05. The number of aliphatic hydroxyl groups is 1. The van der Waals surface area contributed by atoms with Crippen LogP contribution in [0.25, 0.3) is 0 Å². The van der Waals surface area contributed by atoms with Crippen LogP contribution >= 0.6 is 11.6 Å². The van der Waals surface area contributed by atoms with Gasteiger partial charge in [-0.1, -0.05) is 11.6 Å². The number of hydrogen-bond acceptors (Lipinski definition) is 2. The van der Waals surface area contributed by atoms with Crippen LogP contribution in [0.2, 0.25) is 0 Å². The Hall–Kier alpha value is -0.0500. The summed E-state index contributed by atoms with van der Waals surface area (Å²) in [6.45, 7) is 4.17. The largest absolute Gasteiger partial charge is 0.396 e. The molecule has 0 rings (SSSR count). The van der Waals surface area contributed by atoms with Crippen molar-refractivity contribution in [3.05, 3.63) is 11.1 Å². The van der Waals surface area contributed by atoms with Gasteiger partial charge in [0.25, 0.3) is 0 Å². The SMILES string of the molecule is CC(=CCl)CNCCCCCO. The minimum Gasteiger partial charge on any atom is -0.396 e. The Kier molecular flexibility index (Phi) is 9.00. The van der Waals surface area contributed by atoms with Crippen LogP contribution in [0.4, 0.5) is 0 Å². The van der Waals surface area contributed by atoms with Crippen LogP contribution in [0.1, 0.15) is 26.2 Å². The van der Waals surface area contributed by atoms with E-state index < -0.39 is 0 Å². The molecule has 0 radical (unpaired) electrons. The van der Waals surface area contributed by atoms with Gasteiger partial charge in [0.15, 0.2) is 0 Å². The molecule has 0 aliphatic heterocycles. The van der Waals surface area contributed by atoms with Crippen molar-refractivity contribution in [2.45, 2.75) is 26.2 Å². The third-order valence-corrected chi connectivity index (χ3v) is 1.97. The summed E-state index contributed by atoms with van der Waals surface area (Å²) in [6.07, 6.45) is 3.12. The van der Waals surface area contributed by atoms with E-state index in [0.717, 1.165) is 37.9 Å². The van der Waals surface area contributed by atoms with Gasteiger partial charge in [-0.2, -0.15) is 0 Å². The average molecular weight is 192 g/mol. The molecule has 0 saturated carbocycles. The molecule has 0 spiro atoms. The maximum absolute atomic E-state index is 8.50. The molecule has 2 N–H and O–H groups in total. The van der Waals surface area contributed by atoms with Crippen molar-refractivity contribution in [3.8, 4) is 0 Å². The molecule has 3 heteroatoms. The Balaban J connectivity index is 3.00. The molecule has 0 amide bonds. The normalized spacial score (nSPS) is 12.1. The van der Waals surface area contributed by atoms with Gasteiger partial charge in [0.05, 0.1) is 0 Å². The highest BCUT2D eigenvalue weighted by atomic mass is 35.5. The topological polar surface area (TPSA) is 32.3 Å². The zero-order valence-electron chi connectivity index (χ0n) is 7.65. The van der Waals surface area contributed by atoms with Gasteiger partial charge in [-0.15, -0.1) is 0 Å². The Morgan fingerprint density at radius 3 is 2.75 bits per heavy atom. The second-order valence-electron chi connectivity index (χ2n) is 2.92. The van der Waals surface area contributed by atoms with E-state index in [0.29, 0.717) is 6.61 Å². The van der Waals surface area contributed by atoms with Crippen molar-refractivity contribution in [1.29, 1.82) is 0 Å². The summed E-state index contributed by atoms with van der Waals surface area (Å²) in [4.78, 5) is 0. The molecule has 12 heavy (non-hydrogen) atoms. The summed E-state index contributed by atoms with van der Waals surface area (Å²) in [7, 11) is 0. The average Bonchev–Trinajstić information content (AvgIpc) is 2.10. The maximum atomic E-state index is 8.50. The smallest absolute Gasteiger partial charge is 0.0431 e. The lowest BCUT2D eigenvalue weighted by atomic mass is 10.2. The Bertz CT molecular complexity index is 126. The molecule has 0 aromatic carbocycles. The van der Waals surface area contributed by atoms with Crippen LogP contribution in [-0.4, -0.2) is 24.8 Å². The zero-order chi connectivity index (χ0) is 9.23. The van der Waals surface area contributed by atoms with Crippen LogP contribution in [0.3, 0.4) is 0 Å². The predicted octanol–water partition coefficient (Wildman–Crippen LogP) is 1.88. The number of aliphatic hydroxyl groups excluding tert-OH is 1. The van der Waals surface area contributed by atoms with E-state index in [4.69, 9.17) is 16.7 Å². The summed E-state index contributed by atoms with van der Waals surface area (Å²) in [6, 6.07) is 0. The van der Waals surface area contributed by atoms with E-state index in [1.54, 1.807) is 5.54 Å². The number of rotatable bonds is 7. The molecule has 0 aromatic rings. The van der Waals surface area contributed by atoms with Gasteiger partial charge in [0, 0.05) is 18.7 Å². The number of halogens is 1. The first-order valence-corrected chi connectivity index (χ1v) is 4.82. The summed E-state index contributed by atoms with van der Waals surface area (Å²) in [5.41, 5.74) is 2.75. The molecule has 0 fully saturated rings. The fraction of sp³-hybridized carbons (Fsp3) is 0.778.